The Labute approximate surface area is 210 Å². The number of nitriles is 1. The summed E-state index contributed by atoms with van der Waals surface area (Å²) in [5.41, 5.74) is 3.90. The number of hydrogen-bond donors (Lipinski definition) is 1. The number of ether oxygens (including phenoxy) is 3. The van der Waals surface area contributed by atoms with E-state index in [9.17, 15) is 5.26 Å². The van der Waals surface area contributed by atoms with Gasteiger partial charge in [-0.1, -0.05) is 6.07 Å². The molecule has 2 aromatic heterocycles. The molecule has 0 saturated carbocycles. The van der Waals surface area contributed by atoms with Gasteiger partial charge in [0, 0.05) is 67.1 Å². The van der Waals surface area contributed by atoms with Gasteiger partial charge in [-0.3, -0.25) is 4.98 Å². The molecule has 9 heteroatoms. The standard InChI is InChI=1S/C27H28N6O3/c28-18-26-32(13-14-33(26)24-9-11-29-12-10-24)23-6-4-22(5-7-23)30-19-21-3-8-25(31-20-21)34-15-1-2-27-35-16-17-36-27/h3-14,20,26-27,30H,1-2,15-17,19H2. The Hall–Kier alpha value is -4.13. The Bertz CT molecular complexity index is 1170. The summed E-state index contributed by atoms with van der Waals surface area (Å²) in [6.07, 6.45) is 10.2. The Balaban J connectivity index is 1.09. The summed E-state index contributed by atoms with van der Waals surface area (Å²) in [5.74, 6) is 0.614. The first-order valence-electron chi connectivity index (χ1n) is 12.0. The van der Waals surface area contributed by atoms with Gasteiger partial charge in [-0.25, -0.2) is 4.98 Å². The molecule has 1 unspecified atom stereocenters. The number of anilines is 3. The van der Waals surface area contributed by atoms with Gasteiger partial charge >= 0.3 is 0 Å². The molecule has 0 aliphatic carbocycles. The maximum Gasteiger partial charge on any atom is 0.213 e. The highest BCUT2D eigenvalue weighted by atomic mass is 16.7. The molecule has 1 saturated heterocycles. The Morgan fingerprint density at radius 3 is 2.36 bits per heavy atom. The molecule has 184 valence electrons. The van der Waals surface area contributed by atoms with Crippen molar-refractivity contribution in [2.24, 2.45) is 0 Å². The van der Waals surface area contributed by atoms with Crippen molar-refractivity contribution in [3.63, 3.8) is 0 Å². The lowest BCUT2D eigenvalue weighted by atomic mass is 10.2. The molecule has 2 aliphatic rings. The van der Waals surface area contributed by atoms with Gasteiger partial charge in [0.05, 0.1) is 19.8 Å². The van der Waals surface area contributed by atoms with Crippen LogP contribution in [-0.2, 0) is 16.0 Å². The summed E-state index contributed by atoms with van der Waals surface area (Å²) in [7, 11) is 0. The van der Waals surface area contributed by atoms with Gasteiger partial charge in [-0.05, 0) is 48.4 Å². The number of nitrogens with zero attached hydrogens (tertiary/aromatic N) is 5. The minimum atomic E-state index is -0.456. The van der Waals surface area contributed by atoms with Gasteiger partial charge < -0.3 is 29.3 Å². The van der Waals surface area contributed by atoms with Gasteiger partial charge in [0.15, 0.2) is 12.5 Å². The third-order valence-electron chi connectivity index (χ3n) is 5.98. The highest BCUT2D eigenvalue weighted by Gasteiger charge is 2.28. The topological polar surface area (TPSA) is 95.8 Å². The molecule has 0 bridgehead atoms. The Morgan fingerprint density at radius 2 is 1.69 bits per heavy atom. The number of nitrogens with one attached hydrogen (secondary N) is 1. The van der Waals surface area contributed by atoms with Crippen molar-refractivity contribution in [1.82, 2.24) is 9.97 Å². The largest absolute Gasteiger partial charge is 0.478 e. The van der Waals surface area contributed by atoms with Gasteiger partial charge in [-0.15, -0.1) is 0 Å². The first-order chi connectivity index (χ1) is 17.8. The molecule has 0 amide bonds. The van der Waals surface area contributed by atoms with Crippen molar-refractivity contribution in [1.29, 1.82) is 5.26 Å². The van der Waals surface area contributed by atoms with E-state index in [0.717, 1.165) is 35.5 Å². The zero-order valence-corrected chi connectivity index (χ0v) is 19.9. The number of hydrogen-bond acceptors (Lipinski definition) is 9. The maximum absolute atomic E-state index is 9.79. The molecular formula is C27H28N6O3. The summed E-state index contributed by atoms with van der Waals surface area (Å²) in [4.78, 5) is 12.3. The third kappa shape index (κ3) is 5.74. The van der Waals surface area contributed by atoms with Gasteiger partial charge in [-0.2, -0.15) is 5.26 Å². The van der Waals surface area contributed by atoms with E-state index in [2.05, 4.69) is 21.4 Å². The monoisotopic (exact) mass is 484 g/mol. The van der Waals surface area contributed by atoms with Crippen LogP contribution in [0.3, 0.4) is 0 Å². The first kappa shape index (κ1) is 23.6. The van der Waals surface area contributed by atoms with E-state index in [-0.39, 0.29) is 6.29 Å². The molecule has 1 aromatic carbocycles. The Morgan fingerprint density at radius 1 is 0.972 bits per heavy atom. The van der Waals surface area contributed by atoms with Crippen molar-refractivity contribution >= 4 is 17.1 Å². The van der Waals surface area contributed by atoms with Crippen LogP contribution in [-0.4, -0.2) is 42.2 Å². The van der Waals surface area contributed by atoms with Crippen LogP contribution in [0.15, 0.2) is 79.5 Å². The highest BCUT2D eigenvalue weighted by molar-refractivity contribution is 5.64. The fraction of sp³-hybridized carbons (Fsp3) is 0.296. The molecule has 9 nitrogen and oxygen atoms in total. The fourth-order valence-corrected chi connectivity index (χ4v) is 4.09. The van der Waals surface area contributed by atoms with Crippen molar-refractivity contribution in [2.45, 2.75) is 31.8 Å². The van der Waals surface area contributed by atoms with Crippen LogP contribution in [0.4, 0.5) is 17.1 Å². The van der Waals surface area contributed by atoms with Crippen molar-refractivity contribution in [2.75, 3.05) is 34.9 Å². The van der Waals surface area contributed by atoms with Gasteiger partial charge in [0.2, 0.25) is 5.88 Å². The third-order valence-corrected chi connectivity index (χ3v) is 5.98. The van der Waals surface area contributed by atoms with Gasteiger partial charge in [0.25, 0.3) is 0 Å². The van der Waals surface area contributed by atoms with E-state index < -0.39 is 6.17 Å². The minimum Gasteiger partial charge on any atom is -0.478 e. The zero-order chi connectivity index (χ0) is 24.6. The van der Waals surface area contributed by atoms with E-state index in [1.165, 1.54) is 0 Å². The second-order valence-corrected chi connectivity index (χ2v) is 8.39. The second kappa shape index (κ2) is 11.5. The molecule has 4 heterocycles. The summed E-state index contributed by atoms with van der Waals surface area (Å²) >= 11 is 0. The molecule has 0 spiro atoms. The quantitative estimate of drug-likeness (QED) is 0.423. The van der Waals surface area contributed by atoms with Crippen LogP contribution in [0, 0.1) is 11.3 Å². The lowest BCUT2D eigenvalue weighted by Gasteiger charge is -2.27. The van der Waals surface area contributed by atoms with Gasteiger partial charge in [0.1, 0.15) is 6.07 Å². The molecule has 36 heavy (non-hydrogen) atoms. The van der Waals surface area contributed by atoms with Crippen LogP contribution >= 0.6 is 0 Å². The number of aromatic nitrogens is 2. The smallest absolute Gasteiger partial charge is 0.213 e. The molecule has 1 atom stereocenters. The first-order valence-corrected chi connectivity index (χ1v) is 12.0. The average Bonchev–Trinajstić information content (AvgIpc) is 3.61. The zero-order valence-electron chi connectivity index (χ0n) is 19.9. The minimum absolute atomic E-state index is 0.0922. The van der Waals surface area contributed by atoms with E-state index in [1.54, 1.807) is 12.4 Å². The fourth-order valence-electron chi connectivity index (χ4n) is 4.09. The van der Waals surface area contributed by atoms with Crippen LogP contribution in [0.2, 0.25) is 0 Å². The van der Waals surface area contributed by atoms with Crippen molar-refractivity contribution < 1.29 is 14.2 Å². The molecule has 0 radical (unpaired) electrons. The highest BCUT2D eigenvalue weighted by Crippen LogP contribution is 2.29. The van der Waals surface area contributed by atoms with Crippen molar-refractivity contribution in [3.8, 4) is 11.9 Å². The van der Waals surface area contributed by atoms with Crippen LogP contribution in [0.25, 0.3) is 0 Å². The van der Waals surface area contributed by atoms with Crippen LogP contribution < -0.4 is 19.9 Å². The predicted molar refractivity (Wildman–Crippen MR) is 136 cm³/mol. The predicted octanol–water partition coefficient (Wildman–Crippen LogP) is 4.27. The summed E-state index contributed by atoms with van der Waals surface area (Å²) in [5, 5.41) is 13.2. The van der Waals surface area contributed by atoms with Crippen LogP contribution in [0.5, 0.6) is 5.88 Å². The maximum atomic E-state index is 9.79. The second-order valence-electron chi connectivity index (χ2n) is 8.39. The molecular weight excluding hydrogens is 456 g/mol. The SMILES string of the molecule is N#CC1N(c2ccncc2)C=CN1c1ccc(NCc2ccc(OCCCC3OCCO3)nc2)cc1. The van der Waals surface area contributed by atoms with Crippen molar-refractivity contribution in [3.05, 3.63) is 85.1 Å². The van der Waals surface area contributed by atoms with E-state index in [4.69, 9.17) is 14.2 Å². The summed E-state index contributed by atoms with van der Waals surface area (Å²) in [6.45, 7) is 2.58. The molecule has 1 N–H and O–H groups in total. The van der Waals surface area contributed by atoms with Crippen LogP contribution in [0.1, 0.15) is 18.4 Å². The summed E-state index contributed by atoms with van der Waals surface area (Å²) in [6, 6.07) is 18.1. The van der Waals surface area contributed by atoms with E-state index in [1.807, 2.05) is 76.9 Å². The molecule has 3 aromatic rings. The number of benzene rings is 1. The van der Waals surface area contributed by atoms with E-state index >= 15 is 0 Å². The molecule has 5 rings (SSSR count). The molecule has 1 fully saturated rings. The summed E-state index contributed by atoms with van der Waals surface area (Å²) < 4.78 is 16.6. The van der Waals surface area contributed by atoms with E-state index in [0.29, 0.717) is 32.2 Å². The number of pyridine rings is 2. The lowest BCUT2D eigenvalue weighted by molar-refractivity contribution is -0.0493. The number of rotatable bonds is 10. The molecule has 2 aliphatic heterocycles. The normalized spacial score (nSPS) is 17.4. The lowest BCUT2D eigenvalue weighted by Crippen LogP contribution is -2.37. The Kier molecular flexibility index (Phi) is 7.56. The average molecular weight is 485 g/mol.